The summed E-state index contributed by atoms with van der Waals surface area (Å²) in [6.07, 6.45) is 0. The first-order valence-corrected chi connectivity index (χ1v) is 6.67. The second kappa shape index (κ2) is 3.74. The maximum Gasteiger partial charge on any atom is 0.343 e. The van der Waals surface area contributed by atoms with Crippen LogP contribution in [0.1, 0.15) is 5.56 Å². The van der Waals surface area contributed by atoms with E-state index in [0.29, 0.717) is 10.2 Å². The van der Waals surface area contributed by atoms with Crippen LogP contribution in [0.2, 0.25) is 0 Å². The van der Waals surface area contributed by atoms with Gasteiger partial charge in [0.1, 0.15) is 0 Å². The number of hydrogen-bond acceptors (Lipinski definition) is 4. The normalized spacial score (nSPS) is 12.5. The monoisotopic (exact) mass is 263 g/mol. The van der Waals surface area contributed by atoms with Crippen LogP contribution in [0.4, 0.5) is 8.78 Å². The van der Waals surface area contributed by atoms with Crippen LogP contribution in [-0.2, 0) is 9.84 Å². The van der Waals surface area contributed by atoms with Gasteiger partial charge in [-0.1, -0.05) is 12.1 Å². The Labute approximate surface area is 94.7 Å². The molecule has 7 heteroatoms. The summed E-state index contributed by atoms with van der Waals surface area (Å²) >= 11 is 0.780. The maximum absolute atomic E-state index is 12.3. The summed E-state index contributed by atoms with van der Waals surface area (Å²) in [4.78, 5) is 3.72. The number of aryl methyl sites for hydroxylation is 1. The predicted molar refractivity (Wildman–Crippen MR) is 57.5 cm³/mol. The Bertz CT molecular complexity index is 634. The lowest BCUT2D eigenvalue weighted by Crippen LogP contribution is -2.10. The van der Waals surface area contributed by atoms with E-state index in [-0.39, 0.29) is 0 Å². The van der Waals surface area contributed by atoms with Crippen LogP contribution in [0.5, 0.6) is 0 Å². The predicted octanol–water partition coefficient (Wildman–Crippen LogP) is 2.60. The van der Waals surface area contributed by atoms with Gasteiger partial charge in [0.15, 0.2) is 0 Å². The van der Waals surface area contributed by atoms with Crippen molar-refractivity contribution in [2.75, 3.05) is 0 Å². The molecule has 0 spiro atoms. The third-order valence-electron chi connectivity index (χ3n) is 2.07. The summed E-state index contributed by atoms with van der Waals surface area (Å²) in [5, 5.41) is 0. The van der Waals surface area contributed by atoms with Gasteiger partial charge >= 0.3 is 5.76 Å². The molecule has 1 heterocycles. The second-order valence-electron chi connectivity index (χ2n) is 3.21. The maximum atomic E-state index is 12.3. The third kappa shape index (κ3) is 1.69. The summed E-state index contributed by atoms with van der Waals surface area (Å²) in [7, 11) is -4.58. The Kier molecular flexibility index (Phi) is 2.67. The zero-order valence-corrected chi connectivity index (χ0v) is 9.78. The van der Waals surface area contributed by atoms with E-state index in [4.69, 9.17) is 0 Å². The summed E-state index contributed by atoms with van der Waals surface area (Å²) < 4.78 is 47.1. The first-order valence-electron chi connectivity index (χ1n) is 4.31. The standard InChI is InChI=1S/C9H7F2NO2S2/c1-5-3-2-4-6-7(5)15-9(12-6)16(13,14)8(10)11/h2-4,8H,1H3. The van der Waals surface area contributed by atoms with Gasteiger partial charge in [-0.2, -0.15) is 8.78 Å². The number of fused-ring (bicyclic) bond motifs is 1. The number of thiazole rings is 1. The Hall–Kier alpha value is -1.08. The van der Waals surface area contributed by atoms with Crippen molar-refractivity contribution in [1.29, 1.82) is 0 Å². The molecule has 0 fully saturated rings. The van der Waals surface area contributed by atoms with Gasteiger partial charge in [-0.15, -0.1) is 11.3 Å². The van der Waals surface area contributed by atoms with Gasteiger partial charge in [0.25, 0.3) is 9.84 Å². The van der Waals surface area contributed by atoms with E-state index in [1.54, 1.807) is 25.1 Å². The van der Waals surface area contributed by atoms with E-state index >= 15 is 0 Å². The zero-order valence-electron chi connectivity index (χ0n) is 8.15. The molecule has 86 valence electrons. The molecule has 16 heavy (non-hydrogen) atoms. The lowest BCUT2D eigenvalue weighted by atomic mass is 10.2. The summed E-state index contributed by atoms with van der Waals surface area (Å²) in [5.74, 6) is -3.42. The van der Waals surface area contributed by atoms with Gasteiger partial charge < -0.3 is 0 Å². The SMILES string of the molecule is Cc1cccc2nc(S(=O)(=O)C(F)F)sc12. The number of aromatic nitrogens is 1. The van der Waals surface area contributed by atoms with E-state index < -0.39 is 19.9 Å². The summed E-state index contributed by atoms with van der Waals surface area (Å²) in [6, 6.07) is 5.08. The molecule has 2 rings (SSSR count). The Morgan fingerprint density at radius 1 is 1.38 bits per heavy atom. The molecule has 3 nitrogen and oxygen atoms in total. The number of rotatable bonds is 2. The summed E-state index contributed by atoms with van der Waals surface area (Å²) in [6.45, 7) is 1.78. The van der Waals surface area contributed by atoms with Crippen molar-refractivity contribution >= 4 is 31.4 Å². The number of benzene rings is 1. The van der Waals surface area contributed by atoms with Crippen LogP contribution >= 0.6 is 11.3 Å². The average Bonchev–Trinajstić information content (AvgIpc) is 2.63. The topological polar surface area (TPSA) is 47.0 Å². The minimum atomic E-state index is -4.58. The molecule has 0 saturated heterocycles. The summed E-state index contributed by atoms with van der Waals surface area (Å²) in [5.41, 5.74) is 1.26. The smallest absolute Gasteiger partial charge is 0.225 e. The van der Waals surface area contributed by atoms with Gasteiger partial charge in [0, 0.05) is 0 Å². The van der Waals surface area contributed by atoms with E-state index in [9.17, 15) is 17.2 Å². The Morgan fingerprint density at radius 2 is 2.06 bits per heavy atom. The van der Waals surface area contributed by atoms with Gasteiger partial charge in [-0.25, -0.2) is 13.4 Å². The fourth-order valence-corrected chi connectivity index (χ4v) is 3.34. The molecule has 0 N–H and O–H groups in total. The van der Waals surface area contributed by atoms with Crippen molar-refractivity contribution < 1.29 is 17.2 Å². The van der Waals surface area contributed by atoms with Crippen LogP contribution in [0.15, 0.2) is 22.5 Å². The number of sulfone groups is 1. The molecule has 0 aliphatic carbocycles. The minimum absolute atomic E-state index is 0.434. The van der Waals surface area contributed by atoms with Gasteiger partial charge in [-0.05, 0) is 18.6 Å². The molecule has 0 radical (unpaired) electrons. The van der Waals surface area contributed by atoms with Gasteiger partial charge in [0.2, 0.25) is 4.34 Å². The molecule has 0 bridgehead atoms. The van der Waals surface area contributed by atoms with E-state index in [0.717, 1.165) is 16.9 Å². The highest BCUT2D eigenvalue weighted by Gasteiger charge is 2.30. The van der Waals surface area contributed by atoms with Crippen molar-refractivity contribution in [3.05, 3.63) is 23.8 Å². The highest BCUT2D eigenvalue weighted by Crippen LogP contribution is 2.30. The molecule has 1 aromatic carbocycles. The Morgan fingerprint density at radius 3 is 2.62 bits per heavy atom. The van der Waals surface area contributed by atoms with Crippen LogP contribution < -0.4 is 0 Å². The fourth-order valence-electron chi connectivity index (χ4n) is 1.26. The van der Waals surface area contributed by atoms with Crippen molar-refractivity contribution in [3.8, 4) is 0 Å². The fraction of sp³-hybridized carbons (Fsp3) is 0.222. The number of hydrogen-bond donors (Lipinski definition) is 0. The molecule has 0 amide bonds. The van der Waals surface area contributed by atoms with Crippen LogP contribution in [0, 0.1) is 6.92 Å². The van der Waals surface area contributed by atoms with Crippen LogP contribution in [0.3, 0.4) is 0 Å². The molecular weight excluding hydrogens is 256 g/mol. The molecule has 0 aliphatic rings. The average molecular weight is 263 g/mol. The van der Waals surface area contributed by atoms with E-state index in [1.165, 1.54) is 0 Å². The first kappa shape index (κ1) is 11.4. The lowest BCUT2D eigenvalue weighted by Gasteiger charge is -1.95. The molecule has 0 unspecified atom stereocenters. The largest absolute Gasteiger partial charge is 0.343 e. The molecular formula is C9H7F2NO2S2. The quantitative estimate of drug-likeness (QED) is 0.836. The van der Waals surface area contributed by atoms with Crippen molar-refractivity contribution in [3.63, 3.8) is 0 Å². The van der Waals surface area contributed by atoms with Gasteiger partial charge in [-0.3, -0.25) is 0 Å². The molecule has 1 aromatic heterocycles. The second-order valence-corrected chi connectivity index (χ2v) is 6.30. The zero-order chi connectivity index (χ0) is 11.9. The van der Waals surface area contributed by atoms with E-state index in [1.807, 2.05) is 0 Å². The molecule has 0 aliphatic heterocycles. The highest BCUT2D eigenvalue weighted by molar-refractivity contribution is 7.93. The molecule has 2 aromatic rings. The lowest BCUT2D eigenvalue weighted by molar-refractivity contribution is 0.234. The first-order chi connectivity index (χ1) is 7.43. The van der Waals surface area contributed by atoms with E-state index in [2.05, 4.69) is 4.98 Å². The molecule has 0 saturated carbocycles. The molecule has 0 atom stereocenters. The van der Waals surface area contributed by atoms with Crippen molar-refractivity contribution in [2.24, 2.45) is 0 Å². The number of alkyl halides is 2. The van der Waals surface area contributed by atoms with Crippen LogP contribution in [-0.4, -0.2) is 19.2 Å². The van der Waals surface area contributed by atoms with Crippen molar-refractivity contribution in [1.82, 2.24) is 4.98 Å². The number of halogens is 2. The highest BCUT2D eigenvalue weighted by atomic mass is 32.2. The van der Waals surface area contributed by atoms with Crippen LogP contribution in [0.25, 0.3) is 10.2 Å². The number of nitrogens with zero attached hydrogens (tertiary/aromatic N) is 1. The minimum Gasteiger partial charge on any atom is -0.225 e. The third-order valence-corrected chi connectivity index (χ3v) is 5.07. The Balaban J connectivity index is 2.70. The van der Waals surface area contributed by atoms with Crippen molar-refractivity contribution in [2.45, 2.75) is 17.0 Å². The van der Waals surface area contributed by atoms with Gasteiger partial charge in [0.05, 0.1) is 10.2 Å².